The monoisotopic (exact) mass is 897 g/mol. The van der Waals surface area contributed by atoms with Gasteiger partial charge in [-0.2, -0.15) is 0 Å². The molecule has 0 rings (SSSR count). The maximum atomic E-state index is 12.8. The van der Waals surface area contributed by atoms with Crippen molar-refractivity contribution in [1.29, 1.82) is 0 Å². The van der Waals surface area contributed by atoms with E-state index in [1.807, 2.05) is 0 Å². The van der Waals surface area contributed by atoms with Crippen LogP contribution >= 0.6 is 0 Å². The Bertz CT molecular complexity index is 1120. The van der Waals surface area contributed by atoms with Crippen LogP contribution in [-0.4, -0.2) is 37.2 Å². The number of esters is 3. The van der Waals surface area contributed by atoms with Gasteiger partial charge in [-0.3, -0.25) is 14.4 Å². The van der Waals surface area contributed by atoms with Gasteiger partial charge in [0.15, 0.2) is 6.10 Å². The van der Waals surface area contributed by atoms with Crippen molar-refractivity contribution >= 4 is 17.9 Å². The highest BCUT2D eigenvalue weighted by atomic mass is 16.6. The van der Waals surface area contributed by atoms with Gasteiger partial charge in [-0.25, -0.2) is 0 Å². The highest BCUT2D eigenvalue weighted by Gasteiger charge is 2.19. The lowest BCUT2D eigenvalue weighted by Gasteiger charge is -2.18. The molecule has 0 amide bonds. The number of hydrogen-bond donors (Lipinski definition) is 0. The first kappa shape index (κ1) is 61.4. The molecule has 0 spiro atoms. The third kappa shape index (κ3) is 50.4. The zero-order valence-corrected chi connectivity index (χ0v) is 42.6. The SMILES string of the molecule is CCCCC\C=C/C=C\C=C/C=C\CCCCCCCC(=O)OCC(COC(=O)CCCCCCCCCCCC)OC(=O)CCCCCCCCCCCCCCCCCCCC. The zero-order valence-electron chi connectivity index (χ0n) is 42.6. The predicted molar refractivity (Wildman–Crippen MR) is 275 cm³/mol. The molecular weight excluding hydrogens is 793 g/mol. The second kappa shape index (κ2) is 53.0. The van der Waals surface area contributed by atoms with Crippen LogP contribution in [0.4, 0.5) is 0 Å². The number of hydrogen-bond acceptors (Lipinski definition) is 6. The molecule has 0 fully saturated rings. The first-order valence-corrected chi connectivity index (χ1v) is 27.7. The molecule has 372 valence electrons. The minimum Gasteiger partial charge on any atom is -0.462 e. The average molecular weight is 897 g/mol. The lowest BCUT2D eigenvalue weighted by molar-refractivity contribution is -0.167. The van der Waals surface area contributed by atoms with Crippen molar-refractivity contribution in [2.24, 2.45) is 0 Å². The van der Waals surface area contributed by atoms with Gasteiger partial charge in [-0.15, -0.1) is 0 Å². The van der Waals surface area contributed by atoms with Gasteiger partial charge < -0.3 is 14.2 Å². The van der Waals surface area contributed by atoms with Crippen LogP contribution in [0.15, 0.2) is 48.6 Å². The fraction of sp³-hybridized carbons (Fsp3) is 0.810. The first-order chi connectivity index (χ1) is 31.5. The van der Waals surface area contributed by atoms with Crippen LogP contribution in [0.5, 0.6) is 0 Å². The Morgan fingerprint density at radius 1 is 0.312 bits per heavy atom. The molecule has 6 heteroatoms. The molecule has 0 aliphatic rings. The second-order valence-corrected chi connectivity index (χ2v) is 18.6. The van der Waals surface area contributed by atoms with E-state index in [0.717, 1.165) is 83.5 Å². The van der Waals surface area contributed by atoms with Crippen molar-refractivity contribution in [1.82, 2.24) is 0 Å². The van der Waals surface area contributed by atoms with Gasteiger partial charge in [0.2, 0.25) is 0 Å². The molecule has 0 aromatic heterocycles. The summed E-state index contributed by atoms with van der Waals surface area (Å²) < 4.78 is 16.8. The largest absolute Gasteiger partial charge is 0.462 e. The van der Waals surface area contributed by atoms with Crippen molar-refractivity contribution < 1.29 is 28.6 Å². The fourth-order valence-corrected chi connectivity index (χ4v) is 7.99. The molecule has 64 heavy (non-hydrogen) atoms. The highest BCUT2D eigenvalue weighted by molar-refractivity contribution is 5.71. The Morgan fingerprint density at radius 2 is 0.562 bits per heavy atom. The summed E-state index contributed by atoms with van der Waals surface area (Å²) in [4.78, 5) is 38.0. The van der Waals surface area contributed by atoms with Gasteiger partial charge in [0.05, 0.1) is 0 Å². The Labute approximate surface area is 397 Å². The van der Waals surface area contributed by atoms with E-state index in [0.29, 0.717) is 19.3 Å². The third-order valence-electron chi connectivity index (χ3n) is 12.2. The molecule has 0 N–H and O–H groups in total. The van der Waals surface area contributed by atoms with Gasteiger partial charge in [0, 0.05) is 19.3 Å². The summed E-state index contributed by atoms with van der Waals surface area (Å²) in [6.07, 6.45) is 63.8. The standard InChI is InChI=1S/C58H104O6/c1-4-7-10-13-16-19-22-24-26-28-30-32-34-36-39-42-45-48-51-57(60)63-54-55(53-62-56(59)50-47-44-41-38-21-18-15-12-9-6-3)64-58(61)52-49-46-43-40-37-35-33-31-29-27-25-23-20-17-14-11-8-5-2/h16,19,22,24,26,28,30,32,55H,4-15,17-18,20-21,23,25,27,29,31,33-54H2,1-3H3/b19-16-,24-22-,28-26-,32-30-. The molecule has 0 saturated carbocycles. The van der Waals surface area contributed by atoms with Gasteiger partial charge in [0.1, 0.15) is 13.2 Å². The van der Waals surface area contributed by atoms with Crippen LogP contribution in [0, 0.1) is 0 Å². The molecule has 0 radical (unpaired) electrons. The smallest absolute Gasteiger partial charge is 0.306 e. The van der Waals surface area contributed by atoms with Crippen molar-refractivity contribution in [3.05, 3.63) is 48.6 Å². The van der Waals surface area contributed by atoms with E-state index in [2.05, 4.69) is 69.4 Å². The van der Waals surface area contributed by atoms with Gasteiger partial charge in [0.25, 0.3) is 0 Å². The maximum Gasteiger partial charge on any atom is 0.306 e. The van der Waals surface area contributed by atoms with E-state index < -0.39 is 6.10 Å². The normalized spacial score (nSPS) is 12.4. The number of ether oxygens (including phenoxy) is 3. The molecule has 0 aromatic carbocycles. The minimum absolute atomic E-state index is 0.0772. The molecule has 0 bridgehead atoms. The molecule has 6 nitrogen and oxygen atoms in total. The summed E-state index contributed by atoms with van der Waals surface area (Å²) in [5.41, 5.74) is 0. The molecule has 0 saturated heterocycles. The molecule has 0 aromatic rings. The number of rotatable bonds is 50. The van der Waals surface area contributed by atoms with E-state index >= 15 is 0 Å². The Morgan fingerprint density at radius 3 is 0.906 bits per heavy atom. The molecular formula is C58H104O6. The van der Waals surface area contributed by atoms with Crippen LogP contribution in [0.1, 0.15) is 284 Å². The third-order valence-corrected chi connectivity index (χ3v) is 12.2. The van der Waals surface area contributed by atoms with E-state index in [1.54, 1.807) is 0 Å². The van der Waals surface area contributed by atoms with Crippen molar-refractivity contribution in [2.75, 3.05) is 13.2 Å². The fourth-order valence-electron chi connectivity index (χ4n) is 7.99. The molecule has 0 aliphatic carbocycles. The second-order valence-electron chi connectivity index (χ2n) is 18.6. The first-order valence-electron chi connectivity index (χ1n) is 27.7. The van der Waals surface area contributed by atoms with E-state index in [9.17, 15) is 14.4 Å². The van der Waals surface area contributed by atoms with Crippen molar-refractivity contribution in [3.8, 4) is 0 Å². The molecule has 1 atom stereocenters. The zero-order chi connectivity index (χ0) is 46.5. The van der Waals surface area contributed by atoms with Crippen molar-refractivity contribution in [3.63, 3.8) is 0 Å². The topological polar surface area (TPSA) is 78.9 Å². The summed E-state index contributed by atoms with van der Waals surface area (Å²) in [6.45, 7) is 6.60. The van der Waals surface area contributed by atoms with Gasteiger partial charge in [-0.1, -0.05) is 268 Å². The lowest BCUT2D eigenvalue weighted by Crippen LogP contribution is -2.30. The van der Waals surface area contributed by atoms with Gasteiger partial charge >= 0.3 is 17.9 Å². The number of carbonyl (C=O) groups is 3. The summed E-state index contributed by atoms with van der Waals surface area (Å²) in [5.74, 6) is -0.889. The lowest BCUT2D eigenvalue weighted by atomic mass is 10.0. The minimum atomic E-state index is -0.778. The Hall–Kier alpha value is -2.63. The van der Waals surface area contributed by atoms with Crippen LogP contribution in [0.2, 0.25) is 0 Å². The van der Waals surface area contributed by atoms with E-state index in [-0.39, 0.29) is 31.1 Å². The van der Waals surface area contributed by atoms with Crippen LogP contribution in [0.25, 0.3) is 0 Å². The molecule has 1 unspecified atom stereocenters. The van der Waals surface area contributed by atoms with E-state index in [4.69, 9.17) is 14.2 Å². The van der Waals surface area contributed by atoms with E-state index in [1.165, 1.54) is 161 Å². The van der Waals surface area contributed by atoms with Crippen LogP contribution < -0.4 is 0 Å². The number of allylic oxidation sites excluding steroid dienone is 8. The highest BCUT2D eigenvalue weighted by Crippen LogP contribution is 2.16. The van der Waals surface area contributed by atoms with Crippen molar-refractivity contribution in [2.45, 2.75) is 290 Å². The quantitative estimate of drug-likeness (QED) is 0.0262. The summed E-state index contributed by atoms with van der Waals surface area (Å²) in [5, 5.41) is 0. The molecule has 0 heterocycles. The summed E-state index contributed by atoms with van der Waals surface area (Å²) in [7, 11) is 0. The summed E-state index contributed by atoms with van der Waals surface area (Å²) >= 11 is 0. The van der Waals surface area contributed by atoms with Crippen LogP contribution in [-0.2, 0) is 28.6 Å². The summed E-state index contributed by atoms with van der Waals surface area (Å²) in [6, 6.07) is 0. The van der Waals surface area contributed by atoms with Gasteiger partial charge in [-0.05, 0) is 44.9 Å². The Balaban J connectivity index is 4.34. The predicted octanol–water partition coefficient (Wildman–Crippen LogP) is 18.3. The average Bonchev–Trinajstić information content (AvgIpc) is 3.29. The molecule has 0 aliphatic heterocycles. The number of unbranched alkanes of at least 4 members (excludes halogenated alkanes) is 34. The number of carbonyl (C=O) groups excluding carboxylic acids is 3. The van der Waals surface area contributed by atoms with Crippen LogP contribution in [0.3, 0.4) is 0 Å². The maximum absolute atomic E-state index is 12.8. The Kier molecular flexibility index (Phi) is 50.8.